The van der Waals surface area contributed by atoms with Gasteiger partial charge in [0.2, 0.25) is 0 Å². The van der Waals surface area contributed by atoms with Crippen molar-refractivity contribution >= 4 is 12.0 Å². The number of hydrogen-bond donors (Lipinski definition) is 1. The second-order valence-corrected chi connectivity index (χ2v) is 2.54. The lowest BCUT2D eigenvalue weighted by Crippen LogP contribution is -1.95. The van der Waals surface area contributed by atoms with Gasteiger partial charge in [-0.05, 0) is 18.6 Å². The number of benzene rings is 1. The van der Waals surface area contributed by atoms with Crippen molar-refractivity contribution in [3.8, 4) is 0 Å². The minimum atomic E-state index is -0.876. The van der Waals surface area contributed by atoms with Gasteiger partial charge in [-0.3, -0.25) is 0 Å². The molecule has 2 heteroatoms. The second-order valence-electron chi connectivity index (χ2n) is 2.54. The van der Waals surface area contributed by atoms with Crippen LogP contribution in [0.2, 0.25) is 0 Å². The van der Waals surface area contributed by atoms with E-state index < -0.39 is 5.97 Å². The molecule has 2 nitrogen and oxygen atoms in total. The first-order valence-electron chi connectivity index (χ1n) is 3.67. The monoisotopic (exact) mass is 162 g/mol. The molecular weight excluding hydrogens is 152 g/mol. The highest BCUT2D eigenvalue weighted by molar-refractivity contribution is 5.91. The van der Waals surface area contributed by atoms with E-state index in [1.54, 1.807) is 13.0 Å². The highest BCUT2D eigenvalue weighted by atomic mass is 16.4. The van der Waals surface area contributed by atoms with E-state index in [9.17, 15) is 4.79 Å². The van der Waals surface area contributed by atoms with E-state index in [-0.39, 0.29) is 0 Å². The Morgan fingerprint density at radius 3 is 2.42 bits per heavy atom. The summed E-state index contributed by atoms with van der Waals surface area (Å²) in [6, 6.07) is 9.38. The maximum Gasteiger partial charge on any atom is 0.331 e. The van der Waals surface area contributed by atoms with Crippen molar-refractivity contribution in [2.45, 2.75) is 6.92 Å². The third-order valence-corrected chi connectivity index (χ3v) is 1.52. The van der Waals surface area contributed by atoms with Gasteiger partial charge in [-0.1, -0.05) is 30.3 Å². The average Bonchev–Trinajstić information content (AvgIpc) is 2.06. The van der Waals surface area contributed by atoms with E-state index in [0.29, 0.717) is 5.57 Å². The van der Waals surface area contributed by atoms with E-state index in [1.807, 2.05) is 30.3 Å². The van der Waals surface area contributed by atoms with Gasteiger partial charge in [0.05, 0.1) is 0 Å². The van der Waals surface area contributed by atoms with Crippen molar-refractivity contribution in [2.75, 3.05) is 0 Å². The molecule has 1 rings (SSSR count). The van der Waals surface area contributed by atoms with E-state index in [2.05, 4.69) is 0 Å². The van der Waals surface area contributed by atoms with Gasteiger partial charge in [0.15, 0.2) is 0 Å². The van der Waals surface area contributed by atoms with E-state index in [1.165, 1.54) is 0 Å². The maximum absolute atomic E-state index is 10.4. The SMILES string of the molecule is C/C(=C\c1ccccc1)C(=O)O. The summed E-state index contributed by atoms with van der Waals surface area (Å²) in [7, 11) is 0. The predicted molar refractivity (Wildman–Crippen MR) is 47.7 cm³/mol. The fraction of sp³-hybridized carbons (Fsp3) is 0.100. The highest BCUT2D eigenvalue weighted by Crippen LogP contribution is 2.05. The first-order valence-corrected chi connectivity index (χ1v) is 3.67. The molecule has 0 atom stereocenters. The van der Waals surface area contributed by atoms with Gasteiger partial charge >= 0.3 is 5.97 Å². The molecule has 0 saturated carbocycles. The van der Waals surface area contributed by atoms with E-state index >= 15 is 0 Å². The molecule has 1 N–H and O–H groups in total. The molecule has 0 aliphatic carbocycles. The lowest BCUT2D eigenvalue weighted by atomic mass is 10.1. The molecule has 62 valence electrons. The molecule has 0 unspecified atom stereocenters. The molecule has 0 spiro atoms. The zero-order valence-corrected chi connectivity index (χ0v) is 6.82. The summed E-state index contributed by atoms with van der Waals surface area (Å²) in [5.41, 5.74) is 1.26. The van der Waals surface area contributed by atoms with Gasteiger partial charge in [0.1, 0.15) is 0 Å². The zero-order valence-electron chi connectivity index (χ0n) is 6.82. The van der Waals surface area contributed by atoms with Crippen LogP contribution in [0.1, 0.15) is 12.5 Å². The molecule has 0 fully saturated rings. The maximum atomic E-state index is 10.4. The molecule has 1 aromatic carbocycles. The Morgan fingerprint density at radius 1 is 1.33 bits per heavy atom. The van der Waals surface area contributed by atoms with Crippen LogP contribution < -0.4 is 0 Å². The lowest BCUT2D eigenvalue weighted by Gasteiger charge is -1.93. The second kappa shape index (κ2) is 3.72. The fourth-order valence-corrected chi connectivity index (χ4v) is 0.861. The summed E-state index contributed by atoms with van der Waals surface area (Å²) in [4.78, 5) is 10.4. The Morgan fingerprint density at radius 2 is 1.92 bits per heavy atom. The normalized spacial score (nSPS) is 11.2. The van der Waals surface area contributed by atoms with Crippen LogP contribution in [-0.4, -0.2) is 11.1 Å². The van der Waals surface area contributed by atoms with Crippen molar-refractivity contribution in [3.05, 3.63) is 41.5 Å². The summed E-state index contributed by atoms with van der Waals surface area (Å²) in [5.74, 6) is -0.876. The minimum Gasteiger partial charge on any atom is -0.478 e. The Hall–Kier alpha value is -1.57. The van der Waals surface area contributed by atoms with Crippen LogP contribution >= 0.6 is 0 Å². The molecule has 0 saturated heterocycles. The van der Waals surface area contributed by atoms with Gasteiger partial charge in [-0.15, -0.1) is 0 Å². The highest BCUT2D eigenvalue weighted by Gasteiger charge is 1.98. The zero-order chi connectivity index (χ0) is 8.97. The van der Waals surface area contributed by atoms with Crippen LogP contribution in [0.4, 0.5) is 0 Å². The molecular formula is C10H10O2. The van der Waals surface area contributed by atoms with E-state index in [0.717, 1.165) is 5.56 Å². The van der Waals surface area contributed by atoms with Crippen molar-refractivity contribution in [1.29, 1.82) is 0 Å². The molecule has 0 aliphatic heterocycles. The molecule has 0 heterocycles. The van der Waals surface area contributed by atoms with Crippen molar-refractivity contribution in [3.63, 3.8) is 0 Å². The largest absolute Gasteiger partial charge is 0.478 e. The first kappa shape index (κ1) is 8.53. The van der Waals surface area contributed by atoms with Crippen LogP contribution in [0.15, 0.2) is 35.9 Å². The Kier molecular flexibility index (Phi) is 2.64. The van der Waals surface area contributed by atoms with Gasteiger partial charge in [-0.2, -0.15) is 0 Å². The molecule has 0 radical (unpaired) electrons. The Bertz CT molecular complexity index is 299. The molecule has 0 amide bonds. The Balaban J connectivity index is 2.89. The number of carboxylic acid groups (broad SMARTS) is 1. The van der Waals surface area contributed by atoms with Gasteiger partial charge < -0.3 is 5.11 Å². The third-order valence-electron chi connectivity index (χ3n) is 1.52. The van der Waals surface area contributed by atoms with Crippen LogP contribution in [0.3, 0.4) is 0 Å². The minimum absolute atomic E-state index is 0.348. The number of aliphatic carboxylic acids is 1. The molecule has 1 aromatic rings. The molecule has 0 bridgehead atoms. The number of carboxylic acids is 1. The van der Waals surface area contributed by atoms with Crippen LogP contribution in [0, 0.1) is 0 Å². The predicted octanol–water partition coefficient (Wildman–Crippen LogP) is 2.17. The van der Waals surface area contributed by atoms with Gasteiger partial charge in [0, 0.05) is 5.57 Å². The summed E-state index contributed by atoms with van der Waals surface area (Å²) >= 11 is 0. The van der Waals surface area contributed by atoms with Gasteiger partial charge in [-0.25, -0.2) is 4.79 Å². The average molecular weight is 162 g/mol. The molecule has 0 aliphatic rings. The number of carbonyl (C=O) groups is 1. The third kappa shape index (κ3) is 2.23. The summed E-state index contributed by atoms with van der Waals surface area (Å²) in [6.45, 7) is 1.58. The van der Waals surface area contributed by atoms with Crippen LogP contribution in [-0.2, 0) is 4.79 Å². The summed E-state index contributed by atoms with van der Waals surface area (Å²) in [5, 5.41) is 8.58. The first-order chi connectivity index (χ1) is 5.70. The smallest absolute Gasteiger partial charge is 0.331 e. The van der Waals surface area contributed by atoms with Crippen LogP contribution in [0.25, 0.3) is 6.08 Å². The van der Waals surface area contributed by atoms with Crippen molar-refractivity contribution in [1.82, 2.24) is 0 Å². The molecule has 12 heavy (non-hydrogen) atoms. The van der Waals surface area contributed by atoms with Crippen molar-refractivity contribution in [2.24, 2.45) is 0 Å². The summed E-state index contributed by atoms with van der Waals surface area (Å²) < 4.78 is 0. The number of hydrogen-bond acceptors (Lipinski definition) is 1. The van der Waals surface area contributed by atoms with Crippen molar-refractivity contribution < 1.29 is 9.90 Å². The van der Waals surface area contributed by atoms with Gasteiger partial charge in [0.25, 0.3) is 0 Å². The quantitative estimate of drug-likeness (QED) is 0.676. The molecule has 0 aromatic heterocycles. The topological polar surface area (TPSA) is 37.3 Å². The Labute approximate surface area is 71.2 Å². The summed E-state index contributed by atoms with van der Waals surface area (Å²) in [6.07, 6.45) is 1.64. The number of rotatable bonds is 2. The lowest BCUT2D eigenvalue weighted by molar-refractivity contribution is -0.132. The van der Waals surface area contributed by atoms with Crippen LogP contribution in [0.5, 0.6) is 0 Å². The fourth-order valence-electron chi connectivity index (χ4n) is 0.861. The van der Waals surface area contributed by atoms with E-state index in [4.69, 9.17) is 5.11 Å². The standard InChI is InChI=1S/C10H10O2/c1-8(10(11)12)7-9-5-3-2-4-6-9/h2-7H,1H3,(H,11,12)/b8-7+.